The van der Waals surface area contributed by atoms with Gasteiger partial charge < -0.3 is 14.4 Å². The number of likely N-dealkylation sites (tertiary alicyclic amines) is 1. The van der Waals surface area contributed by atoms with Crippen LogP contribution in [-0.4, -0.2) is 35.8 Å². The summed E-state index contributed by atoms with van der Waals surface area (Å²) in [5, 5.41) is 0.609. The highest BCUT2D eigenvalue weighted by Crippen LogP contribution is 2.26. The monoisotopic (exact) mass is 325 g/mol. The first-order chi connectivity index (χ1) is 10.4. The van der Waals surface area contributed by atoms with Crippen LogP contribution in [-0.2, 0) is 4.74 Å². The molecule has 1 aromatic carbocycles. The minimum Gasteiger partial charge on any atom is -0.492 e. The number of halogens is 1. The molecule has 0 radical (unpaired) electrons. The molecule has 1 amide bonds. The third kappa shape index (κ3) is 4.80. The van der Waals surface area contributed by atoms with E-state index in [2.05, 4.69) is 0 Å². The van der Waals surface area contributed by atoms with Crippen molar-refractivity contribution in [3.05, 3.63) is 29.3 Å². The molecule has 1 atom stereocenters. The zero-order chi connectivity index (χ0) is 16.2. The summed E-state index contributed by atoms with van der Waals surface area (Å²) < 4.78 is 11.2. The molecular weight excluding hydrogens is 302 g/mol. The maximum absolute atomic E-state index is 12.2. The van der Waals surface area contributed by atoms with E-state index in [1.165, 1.54) is 0 Å². The van der Waals surface area contributed by atoms with Gasteiger partial charge in [0, 0.05) is 19.0 Å². The number of nitrogens with zero attached hydrogens (tertiary/aromatic N) is 1. The van der Waals surface area contributed by atoms with Crippen LogP contribution in [0.5, 0.6) is 5.75 Å². The van der Waals surface area contributed by atoms with Gasteiger partial charge in [0.25, 0.3) is 0 Å². The van der Waals surface area contributed by atoms with Crippen molar-refractivity contribution >= 4 is 17.7 Å². The van der Waals surface area contributed by atoms with Crippen molar-refractivity contribution in [3.8, 4) is 5.75 Å². The molecule has 122 valence electrons. The van der Waals surface area contributed by atoms with Gasteiger partial charge in [-0.3, -0.25) is 0 Å². The predicted octanol–water partition coefficient (Wildman–Crippen LogP) is 4.51. The number of amides is 1. The summed E-state index contributed by atoms with van der Waals surface area (Å²) in [6, 6.07) is 7.60. The van der Waals surface area contributed by atoms with Gasteiger partial charge in [0.05, 0.1) is 11.6 Å². The Kier molecular flexibility index (Phi) is 5.57. The Morgan fingerprint density at radius 2 is 2.09 bits per heavy atom. The molecule has 0 N–H and O–H groups in total. The molecule has 1 saturated heterocycles. The zero-order valence-corrected chi connectivity index (χ0v) is 14.2. The number of rotatable bonds is 4. The molecule has 1 heterocycles. The van der Waals surface area contributed by atoms with E-state index < -0.39 is 5.60 Å². The Labute approximate surface area is 137 Å². The second kappa shape index (κ2) is 7.23. The number of ether oxygens (including phenoxy) is 2. The first kappa shape index (κ1) is 16.9. The van der Waals surface area contributed by atoms with Crippen LogP contribution in [0.3, 0.4) is 0 Å². The smallest absolute Gasteiger partial charge is 0.410 e. The van der Waals surface area contributed by atoms with Crippen LogP contribution in [0.1, 0.15) is 40.0 Å². The highest BCUT2D eigenvalue weighted by Gasteiger charge is 2.31. The summed E-state index contributed by atoms with van der Waals surface area (Å²) in [5.74, 6) is 0.686. The molecule has 0 aromatic heterocycles. The Bertz CT molecular complexity index is 513. The van der Waals surface area contributed by atoms with E-state index in [-0.39, 0.29) is 12.1 Å². The fourth-order valence-electron chi connectivity index (χ4n) is 2.56. The lowest BCUT2D eigenvalue weighted by Crippen LogP contribution is -2.40. The summed E-state index contributed by atoms with van der Waals surface area (Å²) in [4.78, 5) is 14.0. The van der Waals surface area contributed by atoms with Crippen LogP contribution >= 0.6 is 11.6 Å². The van der Waals surface area contributed by atoms with Crippen molar-refractivity contribution < 1.29 is 14.3 Å². The summed E-state index contributed by atoms with van der Waals surface area (Å²) >= 11 is 6.06. The van der Waals surface area contributed by atoms with Crippen molar-refractivity contribution in [2.24, 2.45) is 0 Å². The highest BCUT2D eigenvalue weighted by molar-refractivity contribution is 6.32. The Morgan fingerprint density at radius 1 is 1.36 bits per heavy atom. The quantitative estimate of drug-likeness (QED) is 0.817. The SMILES string of the molecule is CC(C)(C)OC(=O)N1CCC[C@H]1CCOc1ccccc1Cl. The molecule has 2 rings (SSSR count). The predicted molar refractivity (Wildman–Crippen MR) is 87.5 cm³/mol. The fourth-order valence-corrected chi connectivity index (χ4v) is 2.75. The van der Waals surface area contributed by atoms with Crippen LogP contribution in [0.4, 0.5) is 4.79 Å². The summed E-state index contributed by atoms with van der Waals surface area (Å²) in [7, 11) is 0. The molecule has 0 saturated carbocycles. The average Bonchev–Trinajstić information content (AvgIpc) is 2.87. The van der Waals surface area contributed by atoms with Crippen molar-refractivity contribution in [1.82, 2.24) is 4.90 Å². The minimum atomic E-state index is -0.460. The maximum atomic E-state index is 12.2. The zero-order valence-electron chi connectivity index (χ0n) is 13.5. The van der Waals surface area contributed by atoms with Crippen LogP contribution in [0, 0.1) is 0 Å². The van der Waals surface area contributed by atoms with Gasteiger partial charge in [0.15, 0.2) is 0 Å². The van der Waals surface area contributed by atoms with E-state index in [0.717, 1.165) is 25.8 Å². The van der Waals surface area contributed by atoms with E-state index in [0.29, 0.717) is 17.4 Å². The van der Waals surface area contributed by atoms with Gasteiger partial charge in [-0.05, 0) is 45.7 Å². The van der Waals surface area contributed by atoms with Crippen LogP contribution in [0.2, 0.25) is 5.02 Å². The van der Waals surface area contributed by atoms with Gasteiger partial charge in [-0.2, -0.15) is 0 Å². The number of para-hydroxylation sites is 1. The maximum Gasteiger partial charge on any atom is 0.410 e. The van der Waals surface area contributed by atoms with Gasteiger partial charge in [-0.1, -0.05) is 23.7 Å². The molecule has 0 unspecified atom stereocenters. The molecule has 4 nitrogen and oxygen atoms in total. The van der Waals surface area contributed by atoms with Crippen molar-refractivity contribution in [2.45, 2.75) is 51.7 Å². The molecule has 1 aliphatic heterocycles. The number of benzene rings is 1. The summed E-state index contributed by atoms with van der Waals surface area (Å²) in [6.07, 6.45) is 2.55. The molecule has 0 bridgehead atoms. The van der Waals surface area contributed by atoms with E-state index >= 15 is 0 Å². The fraction of sp³-hybridized carbons (Fsp3) is 0.588. The topological polar surface area (TPSA) is 38.8 Å². The number of carbonyl (C=O) groups excluding carboxylic acids is 1. The first-order valence-electron chi connectivity index (χ1n) is 7.74. The Morgan fingerprint density at radius 3 is 2.77 bits per heavy atom. The largest absolute Gasteiger partial charge is 0.492 e. The van der Waals surface area contributed by atoms with Gasteiger partial charge >= 0.3 is 6.09 Å². The van der Waals surface area contributed by atoms with E-state index in [1.54, 1.807) is 6.07 Å². The van der Waals surface area contributed by atoms with Crippen molar-refractivity contribution in [3.63, 3.8) is 0 Å². The number of hydrogen-bond donors (Lipinski definition) is 0. The average molecular weight is 326 g/mol. The molecule has 22 heavy (non-hydrogen) atoms. The summed E-state index contributed by atoms with van der Waals surface area (Å²) in [5.41, 5.74) is -0.460. The Balaban J connectivity index is 1.84. The van der Waals surface area contributed by atoms with Gasteiger partial charge in [-0.25, -0.2) is 4.79 Å². The van der Waals surface area contributed by atoms with Crippen LogP contribution in [0.15, 0.2) is 24.3 Å². The van der Waals surface area contributed by atoms with Crippen molar-refractivity contribution in [2.75, 3.05) is 13.2 Å². The first-order valence-corrected chi connectivity index (χ1v) is 8.11. The summed E-state index contributed by atoms with van der Waals surface area (Å²) in [6.45, 7) is 6.95. The Hall–Kier alpha value is -1.42. The standard InChI is InChI=1S/C17H24ClNO3/c1-17(2,3)22-16(20)19-11-6-7-13(19)10-12-21-15-9-5-4-8-14(15)18/h4-5,8-9,13H,6-7,10-12H2,1-3H3/t13-/m0/s1. The van der Waals surface area contributed by atoms with Crippen LogP contribution in [0.25, 0.3) is 0 Å². The highest BCUT2D eigenvalue weighted by atomic mass is 35.5. The molecule has 1 aromatic rings. The second-order valence-electron chi connectivity index (χ2n) is 6.54. The number of hydrogen-bond acceptors (Lipinski definition) is 3. The lowest BCUT2D eigenvalue weighted by atomic mass is 10.1. The lowest BCUT2D eigenvalue weighted by Gasteiger charge is -2.28. The molecule has 5 heteroatoms. The molecule has 0 spiro atoms. The van der Waals surface area contributed by atoms with Gasteiger partial charge in [0.1, 0.15) is 11.4 Å². The van der Waals surface area contributed by atoms with Gasteiger partial charge in [0.2, 0.25) is 0 Å². The second-order valence-corrected chi connectivity index (χ2v) is 6.94. The lowest BCUT2D eigenvalue weighted by molar-refractivity contribution is 0.0211. The van der Waals surface area contributed by atoms with E-state index in [1.807, 2.05) is 43.9 Å². The van der Waals surface area contributed by atoms with E-state index in [4.69, 9.17) is 21.1 Å². The third-order valence-corrected chi connectivity index (χ3v) is 3.86. The molecular formula is C17H24ClNO3. The van der Waals surface area contributed by atoms with Crippen LogP contribution < -0.4 is 4.74 Å². The van der Waals surface area contributed by atoms with Gasteiger partial charge in [-0.15, -0.1) is 0 Å². The third-order valence-electron chi connectivity index (χ3n) is 3.55. The van der Waals surface area contributed by atoms with E-state index in [9.17, 15) is 4.79 Å². The molecule has 1 aliphatic rings. The molecule has 0 aliphatic carbocycles. The normalized spacial score (nSPS) is 18.4. The molecule has 1 fully saturated rings. The van der Waals surface area contributed by atoms with Crippen molar-refractivity contribution in [1.29, 1.82) is 0 Å². The number of carbonyl (C=O) groups is 1. The minimum absolute atomic E-state index is 0.178.